The summed E-state index contributed by atoms with van der Waals surface area (Å²) in [5.41, 5.74) is 10.2. The number of benzene rings is 4. The molecule has 0 saturated carbocycles. The van der Waals surface area contributed by atoms with E-state index in [-0.39, 0.29) is 5.82 Å². The molecule has 4 aromatic carbocycles. The highest BCUT2D eigenvalue weighted by Crippen LogP contribution is 2.42. The van der Waals surface area contributed by atoms with Crippen molar-refractivity contribution in [1.29, 1.82) is 0 Å². The minimum atomic E-state index is -0.264. The lowest BCUT2D eigenvalue weighted by Crippen LogP contribution is -2.30. The molecule has 1 atom stereocenters. The Labute approximate surface area is 222 Å². The van der Waals surface area contributed by atoms with Gasteiger partial charge in [0.1, 0.15) is 24.0 Å². The second-order valence-electron chi connectivity index (χ2n) is 10.6. The van der Waals surface area contributed by atoms with Crippen molar-refractivity contribution in [3.63, 3.8) is 0 Å². The molecule has 0 amide bonds. The highest BCUT2D eigenvalue weighted by atomic mass is 19.1. The molecule has 1 aliphatic carbocycles. The fraction of sp³-hybridized carbons (Fsp3) is 0.171. The van der Waals surface area contributed by atoms with Gasteiger partial charge in [-0.25, -0.2) is 8.96 Å². The quantitative estimate of drug-likeness (QED) is 0.224. The van der Waals surface area contributed by atoms with Crippen LogP contribution >= 0.6 is 0 Å². The number of hydrogen-bond donors (Lipinski definition) is 0. The second kappa shape index (κ2) is 8.95. The van der Waals surface area contributed by atoms with Gasteiger partial charge in [-0.3, -0.25) is 0 Å². The molecule has 0 aliphatic heterocycles. The zero-order valence-corrected chi connectivity index (χ0v) is 21.7. The first-order valence-electron chi connectivity index (χ1n) is 13.3. The van der Waals surface area contributed by atoms with Crippen LogP contribution in [0.15, 0.2) is 102 Å². The Morgan fingerprint density at radius 3 is 2.26 bits per heavy atom. The first-order valence-corrected chi connectivity index (χ1v) is 13.3. The molecule has 0 N–H and O–H groups in total. The number of fused-ring (bicyclic) bond motifs is 4. The van der Waals surface area contributed by atoms with Gasteiger partial charge in [-0.15, -0.1) is 0 Å². The van der Waals surface area contributed by atoms with E-state index < -0.39 is 0 Å². The van der Waals surface area contributed by atoms with Gasteiger partial charge in [-0.2, -0.15) is 0 Å². The van der Waals surface area contributed by atoms with E-state index in [1.54, 1.807) is 6.07 Å². The van der Waals surface area contributed by atoms with Crippen LogP contribution in [-0.2, 0) is 19.9 Å². The third-order valence-corrected chi connectivity index (χ3v) is 8.30. The Kier molecular flexibility index (Phi) is 5.40. The number of aryl methyl sites for hydroxylation is 3. The SMILES string of the molecule is Cc1ccc2c(oc3c(-c4ccc(C5CCc6ccccc6C5)cc4)c(F)ccc32)c1-c1cccc[n+]1C. The van der Waals surface area contributed by atoms with E-state index in [4.69, 9.17) is 4.42 Å². The topological polar surface area (TPSA) is 17.0 Å². The van der Waals surface area contributed by atoms with Crippen molar-refractivity contribution in [2.24, 2.45) is 7.05 Å². The predicted octanol–water partition coefficient (Wildman–Crippen LogP) is 8.46. The molecule has 2 heterocycles. The highest BCUT2D eigenvalue weighted by Gasteiger charge is 2.24. The summed E-state index contributed by atoms with van der Waals surface area (Å²) >= 11 is 0. The third-order valence-electron chi connectivity index (χ3n) is 8.30. The molecule has 0 spiro atoms. The fourth-order valence-corrected chi connectivity index (χ4v) is 6.25. The van der Waals surface area contributed by atoms with Crippen LogP contribution in [0.3, 0.4) is 0 Å². The van der Waals surface area contributed by atoms with Gasteiger partial charge < -0.3 is 4.42 Å². The maximum Gasteiger partial charge on any atom is 0.216 e. The number of rotatable bonds is 3. The van der Waals surface area contributed by atoms with Crippen LogP contribution in [-0.4, -0.2) is 0 Å². The molecule has 1 unspecified atom stereocenters. The van der Waals surface area contributed by atoms with E-state index in [2.05, 4.69) is 78.2 Å². The summed E-state index contributed by atoms with van der Waals surface area (Å²) in [7, 11) is 2.04. The Morgan fingerprint density at radius 2 is 1.47 bits per heavy atom. The average molecular weight is 499 g/mol. The van der Waals surface area contributed by atoms with Gasteiger partial charge in [-0.05, 0) is 78.1 Å². The summed E-state index contributed by atoms with van der Waals surface area (Å²) < 4.78 is 24.1. The van der Waals surface area contributed by atoms with Crippen molar-refractivity contribution in [2.75, 3.05) is 0 Å². The molecule has 0 bridgehead atoms. The summed E-state index contributed by atoms with van der Waals surface area (Å²) in [5.74, 6) is 0.224. The predicted molar refractivity (Wildman–Crippen MR) is 152 cm³/mol. The summed E-state index contributed by atoms with van der Waals surface area (Å²) in [6.07, 6.45) is 5.34. The van der Waals surface area contributed by atoms with Gasteiger partial charge in [0.2, 0.25) is 5.69 Å². The van der Waals surface area contributed by atoms with Gasteiger partial charge in [0.15, 0.2) is 6.20 Å². The lowest BCUT2D eigenvalue weighted by molar-refractivity contribution is -0.660. The van der Waals surface area contributed by atoms with Gasteiger partial charge in [-0.1, -0.05) is 60.7 Å². The molecule has 0 saturated heterocycles. The smallest absolute Gasteiger partial charge is 0.216 e. The Bertz CT molecular complexity index is 1830. The molecule has 186 valence electrons. The summed E-state index contributed by atoms with van der Waals surface area (Å²) in [6.45, 7) is 2.10. The van der Waals surface area contributed by atoms with Crippen LogP contribution in [0, 0.1) is 12.7 Å². The average Bonchev–Trinajstić information content (AvgIpc) is 3.32. The molecule has 2 nitrogen and oxygen atoms in total. The monoisotopic (exact) mass is 498 g/mol. The number of pyridine rings is 1. The maximum absolute atomic E-state index is 15.5. The van der Waals surface area contributed by atoms with Gasteiger partial charge in [0.25, 0.3) is 0 Å². The first-order chi connectivity index (χ1) is 18.6. The van der Waals surface area contributed by atoms with E-state index in [0.717, 1.165) is 58.0 Å². The van der Waals surface area contributed by atoms with E-state index >= 15 is 4.39 Å². The van der Waals surface area contributed by atoms with Crippen molar-refractivity contribution < 1.29 is 13.4 Å². The molecule has 2 aromatic heterocycles. The zero-order valence-electron chi connectivity index (χ0n) is 21.7. The summed E-state index contributed by atoms with van der Waals surface area (Å²) in [4.78, 5) is 0. The lowest BCUT2D eigenvalue weighted by atomic mass is 9.80. The minimum absolute atomic E-state index is 0.264. The zero-order chi connectivity index (χ0) is 25.8. The maximum atomic E-state index is 15.5. The Morgan fingerprint density at radius 1 is 0.763 bits per heavy atom. The Hall–Kier alpha value is -4.24. The molecule has 3 heteroatoms. The van der Waals surface area contributed by atoms with Gasteiger partial charge in [0.05, 0.1) is 11.1 Å². The van der Waals surface area contributed by atoms with E-state index in [1.807, 2.05) is 31.4 Å². The van der Waals surface area contributed by atoms with Crippen LogP contribution < -0.4 is 4.57 Å². The van der Waals surface area contributed by atoms with E-state index in [0.29, 0.717) is 17.1 Å². The van der Waals surface area contributed by atoms with Gasteiger partial charge in [0, 0.05) is 22.9 Å². The van der Waals surface area contributed by atoms with Crippen molar-refractivity contribution in [1.82, 2.24) is 0 Å². The Balaban J connectivity index is 1.34. The van der Waals surface area contributed by atoms with E-state index in [1.165, 1.54) is 16.7 Å². The van der Waals surface area contributed by atoms with Crippen molar-refractivity contribution >= 4 is 21.9 Å². The molecular formula is C35H29FNO+. The lowest BCUT2D eigenvalue weighted by Gasteiger charge is -2.25. The van der Waals surface area contributed by atoms with Crippen LogP contribution in [0.4, 0.5) is 4.39 Å². The standard InChI is InChI=1S/C35H29FNO/c1-22-10-17-28-29-18-19-30(36)33(35(29)38-34(28)32(22)31-9-5-6-20-37(31)2)25-14-11-24(12-15-25)27-16-13-23-7-3-4-8-26(23)21-27/h3-12,14-15,17-20,27H,13,16,21H2,1-2H3/q+1. The molecule has 7 rings (SSSR count). The molecule has 38 heavy (non-hydrogen) atoms. The fourth-order valence-electron chi connectivity index (χ4n) is 6.25. The van der Waals surface area contributed by atoms with Crippen molar-refractivity contribution in [2.45, 2.75) is 32.1 Å². The number of aromatic nitrogens is 1. The number of nitrogens with zero attached hydrogens (tertiary/aromatic N) is 1. The van der Waals surface area contributed by atoms with Gasteiger partial charge >= 0.3 is 0 Å². The third kappa shape index (κ3) is 3.65. The van der Waals surface area contributed by atoms with Crippen LogP contribution in [0.1, 0.15) is 34.6 Å². The van der Waals surface area contributed by atoms with Crippen LogP contribution in [0.2, 0.25) is 0 Å². The van der Waals surface area contributed by atoms with Crippen molar-refractivity contribution in [3.8, 4) is 22.4 Å². The summed E-state index contributed by atoms with van der Waals surface area (Å²) in [6, 6.07) is 31.0. The molecule has 0 fully saturated rings. The molecular weight excluding hydrogens is 469 g/mol. The highest BCUT2D eigenvalue weighted by molar-refractivity contribution is 6.13. The van der Waals surface area contributed by atoms with Crippen molar-refractivity contribution in [3.05, 3.63) is 125 Å². The van der Waals surface area contributed by atoms with Crippen LogP contribution in [0.5, 0.6) is 0 Å². The van der Waals surface area contributed by atoms with Crippen LogP contribution in [0.25, 0.3) is 44.3 Å². The molecule has 0 radical (unpaired) electrons. The van der Waals surface area contributed by atoms with E-state index in [9.17, 15) is 0 Å². The number of hydrogen-bond acceptors (Lipinski definition) is 1. The summed E-state index contributed by atoms with van der Waals surface area (Å²) in [5, 5.41) is 1.94. The number of furan rings is 1. The number of halogens is 1. The second-order valence-corrected chi connectivity index (χ2v) is 10.6. The molecule has 1 aliphatic rings. The minimum Gasteiger partial charge on any atom is -0.454 e. The normalized spacial score (nSPS) is 15.2. The first kappa shape index (κ1) is 22.9. The molecule has 6 aromatic rings. The largest absolute Gasteiger partial charge is 0.454 e.